The smallest absolute Gasteiger partial charge is 0.164 e. The molecule has 5 nitrogen and oxygen atoms in total. The molecule has 15 rings (SSSR count). The van der Waals surface area contributed by atoms with E-state index in [1.165, 1.54) is 104 Å². The van der Waals surface area contributed by atoms with Gasteiger partial charge in [-0.25, -0.2) is 15.0 Å². The van der Waals surface area contributed by atoms with E-state index in [2.05, 4.69) is 158 Å². The highest BCUT2D eigenvalue weighted by molar-refractivity contribution is 6.24. The lowest BCUT2D eigenvalue weighted by molar-refractivity contribution is -0.0399. The van der Waals surface area contributed by atoms with Gasteiger partial charge in [-0.1, -0.05) is 159 Å². The zero-order valence-corrected chi connectivity index (χ0v) is 38.3. The van der Waals surface area contributed by atoms with Crippen LogP contribution in [-0.4, -0.2) is 19.5 Å². The Morgan fingerprint density at radius 2 is 1.10 bits per heavy atom. The second-order valence-corrected chi connectivity index (χ2v) is 20.5. The van der Waals surface area contributed by atoms with Crippen molar-refractivity contribution in [1.82, 2.24) is 19.5 Å². The van der Waals surface area contributed by atoms with Crippen LogP contribution in [0.2, 0.25) is 0 Å². The maximum Gasteiger partial charge on any atom is 0.164 e. The molecular weight excluding hydrogens is 827 g/mol. The monoisotopic (exact) mass is 875 g/mol. The van der Waals surface area contributed by atoms with Crippen LogP contribution in [0.25, 0.3) is 94.7 Å². The predicted octanol–water partition coefficient (Wildman–Crippen LogP) is 15.5. The van der Waals surface area contributed by atoms with Gasteiger partial charge < -0.3 is 4.57 Å². The molecule has 0 unspecified atom stereocenters. The Morgan fingerprint density at radius 1 is 0.515 bits per heavy atom. The number of aromatic nitrogens is 4. The fourth-order valence-electron chi connectivity index (χ4n) is 14.1. The Morgan fingerprint density at radius 3 is 1.74 bits per heavy atom. The van der Waals surface area contributed by atoms with E-state index in [-0.39, 0.29) is 11.3 Å². The van der Waals surface area contributed by atoms with Gasteiger partial charge in [0.25, 0.3) is 0 Å². The van der Waals surface area contributed by atoms with Crippen LogP contribution in [0.4, 0.5) is 0 Å². The van der Waals surface area contributed by atoms with Crippen molar-refractivity contribution in [2.24, 2.45) is 23.7 Å². The lowest BCUT2D eigenvalue weighted by Gasteiger charge is -2.61. The molecule has 4 saturated carbocycles. The molecule has 0 saturated heterocycles. The molecule has 8 aromatic carbocycles. The summed E-state index contributed by atoms with van der Waals surface area (Å²) in [5.41, 5.74) is 16.3. The second kappa shape index (κ2) is 14.9. The summed E-state index contributed by atoms with van der Waals surface area (Å²) >= 11 is 0. The summed E-state index contributed by atoms with van der Waals surface area (Å²) in [6.07, 6.45) is 6.57. The molecule has 0 aliphatic heterocycles. The molecule has 0 radical (unpaired) electrons. The molecule has 0 amide bonds. The predicted molar refractivity (Wildman–Crippen MR) is 275 cm³/mol. The van der Waals surface area contributed by atoms with E-state index in [1.807, 2.05) is 36.4 Å². The number of rotatable bonds is 6. The average Bonchev–Trinajstić information content (AvgIpc) is 3.89. The Balaban J connectivity index is 1.12. The molecule has 5 aliphatic rings. The maximum atomic E-state index is 10.6. The molecule has 326 valence electrons. The van der Waals surface area contributed by atoms with Gasteiger partial charge in [-0.15, -0.1) is 0 Å². The van der Waals surface area contributed by atoms with E-state index in [1.54, 1.807) is 0 Å². The normalized spacial score (nSPS) is 21.0. The molecule has 2 heterocycles. The quantitative estimate of drug-likeness (QED) is 0.167. The van der Waals surface area contributed by atoms with Crippen molar-refractivity contribution in [3.63, 3.8) is 0 Å². The minimum Gasteiger partial charge on any atom is -0.308 e. The third-order valence-corrected chi connectivity index (χ3v) is 16.6. The van der Waals surface area contributed by atoms with Crippen LogP contribution in [-0.2, 0) is 5.41 Å². The van der Waals surface area contributed by atoms with Crippen molar-refractivity contribution >= 4 is 32.6 Å². The third-order valence-electron chi connectivity index (χ3n) is 16.6. The molecule has 10 aromatic rings. The lowest BCUT2D eigenvalue weighted by Crippen LogP contribution is -2.55. The molecule has 1 spiro atoms. The number of hydrogen-bond acceptors (Lipinski definition) is 4. The van der Waals surface area contributed by atoms with Gasteiger partial charge in [0.15, 0.2) is 17.5 Å². The average molecular weight is 876 g/mol. The van der Waals surface area contributed by atoms with Crippen molar-refractivity contribution in [2.45, 2.75) is 57.3 Å². The summed E-state index contributed by atoms with van der Waals surface area (Å²) in [4.78, 5) is 15.5. The van der Waals surface area contributed by atoms with Gasteiger partial charge in [0.05, 0.1) is 22.7 Å². The SMILES string of the molecule is CC(C)c1cc2c(c3c1c1ccc4c(-c5ccccc5)cccc4c1n3-c1cccc(-c3nc(-c4ccccc4)nc(-c4ccccc4)n3)c1)-c1cc(C#N)ccc1C21C2CC3CC(C2)CC1C3. The van der Waals surface area contributed by atoms with E-state index in [9.17, 15) is 5.26 Å². The molecule has 68 heavy (non-hydrogen) atoms. The van der Waals surface area contributed by atoms with Gasteiger partial charge in [-0.2, -0.15) is 5.26 Å². The van der Waals surface area contributed by atoms with Crippen LogP contribution in [0, 0.1) is 35.0 Å². The topological polar surface area (TPSA) is 67.4 Å². The van der Waals surface area contributed by atoms with Gasteiger partial charge in [0, 0.05) is 49.5 Å². The third kappa shape index (κ3) is 5.64. The molecule has 0 atom stereocenters. The summed E-state index contributed by atoms with van der Waals surface area (Å²) in [5, 5.41) is 15.6. The van der Waals surface area contributed by atoms with E-state index >= 15 is 0 Å². The first-order chi connectivity index (χ1) is 33.5. The highest BCUT2D eigenvalue weighted by atomic mass is 15.0. The van der Waals surface area contributed by atoms with Gasteiger partial charge in [-0.3, -0.25) is 0 Å². The number of nitriles is 1. The Kier molecular flexibility index (Phi) is 8.66. The molecule has 5 aliphatic carbocycles. The minimum absolute atomic E-state index is 0.0812. The van der Waals surface area contributed by atoms with E-state index in [0.29, 0.717) is 29.3 Å². The Labute approximate surface area is 396 Å². The molecule has 4 bridgehead atoms. The first kappa shape index (κ1) is 39.5. The largest absolute Gasteiger partial charge is 0.308 e. The summed E-state index contributed by atoms with van der Waals surface area (Å²) < 4.78 is 2.60. The van der Waals surface area contributed by atoms with E-state index in [0.717, 1.165) is 39.8 Å². The van der Waals surface area contributed by atoms with Gasteiger partial charge in [0.2, 0.25) is 0 Å². The van der Waals surface area contributed by atoms with Crippen LogP contribution in [0.5, 0.6) is 0 Å². The standard InChI is InChI=1S/C63H49N5/c1-37(2)52-35-55-57(53-33-38(36-64)24-27-54(53)63(55)45-29-39-28-40(31-45)32-46(63)30-39)59-56(52)51-26-25-49-48(41-14-6-3-7-15-41)22-13-23-50(49)58(51)68(59)47-21-12-20-44(34-47)62-66-60(42-16-8-4-9-17-42)65-61(67-62)43-18-10-5-11-19-43/h3-27,33-35,37,39-40,45-46H,28-32H2,1-2H3. The number of hydrogen-bond donors (Lipinski definition) is 0. The summed E-state index contributed by atoms with van der Waals surface area (Å²) in [5.74, 6) is 4.99. The van der Waals surface area contributed by atoms with Crippen molar-refractivity contribution in [3.05, 3.63) is 192 Å². The van der Waals surface area contributed by atoms with Crippen molar-refractivity contribution in [1.29, 1.82) is 5.26 Å². The van der Waals surface area contributed by atoms with E-state index < -0.39 is 0 Å². The van der Waals surface area contributed by atoms with Gasteiger partial charge in [0.1, 0.15) is 0 Å². The van der Waals surface area contributed by atoms with Crippen LogP contribution < -0.4 is 0 Å². The molecule has 4 fully saturated rings. The highest BCUT2D eigenvalue weighted by Gasteiger charge is 2.62. The molecular formula is C63H49N5. The Hall–Kier alpha value is -7.68. The highest BCUT2D eigenvalue weighted by Crippen LogP contribution is 2.70. The zero-order valence-electron chi connectivity index (χ0n) is 38.3. The number of nitrogens with zero attached hydrogens (tertiary/aromatic N) is 5. The van der Waals surface area contributed by atoms with Crippen LogP contribution in [0.15, 0.2) is 170 Å². The summed E-state index contributed by atoms with van der Waals surface area (Å²) in [6, 6.07) is 63.7. The van der Waals surface area contributed by atoms with Gasteiger partial charge in [-0.05, 0) is 125 Å². The lowest BCUT2D eigenvalue weighted by atomic mass is 9.43. The summed E-state index contributed by atoms with van der Waals surface area (Å²) in [7, 11) is 0. The first-order valence-electron chi connectivity index (χ1n) is 24.6. The van der Waals surface area contributed by atoms with Gasteiger partial charge >= 0.3 is 0 Å². The van der Waals surface area contributed by atoms with Crippen LogP contribution >= 0.6 is 0 Å². The van der Waals surface area contributed by atoms with Crippen molar-refractivity contribution in [2.75, 3.05) is 0 Å². The fraction of sp³-hybridized carbons (Fsp3) is 0.206. The van der Waals surface area contributed by atoms with Crippen LogP contribution in [0.3, 0.4) is 0 Å². The zero-order chi connectivity index (χ0) is 45.3. The van der Waals surface area contributed by atoms with E-state index in [4.69, 9.17) is 15.0 Å². The van der Waals surface area contributed by atoms with Crippen LogP contribution in [0.1, 0.15) is 74.1 Å². The first-order valence-corrected chi connectivity index (χ1v) is 24.6. The second-order valence-electron chi connectivity index (χ2n) is 20.5. The Bertz CT molecular complexity index is 3640. The molecule has 0 N–H and O–H groups in total. The number of benzene rings is 8. The fourth-order valence-corrected chi connectivity index (χ4v) is 14.1. The maximum absolute atomic E-state index is 10.6. The molecule has 5 heteroatoms. The van der Waals surface area contributed by atoms with Crippen molar-refractivity contribution in [3.8, 4) is 68.2 Å². The molecule has 2 aromatic heterocycles. The number of fused-ring (bicyclic) bond motifs is 9. The minimum atomic E-state index is -0.0812. The van der Waals surface area contributed by atoms with Crippen molar-refractivity contribution < 1.29 is 0 Å². The summed E-state index contributed by atoms with van der Waals surface area (Å²) in [6.45, 7) is 4.77.